The summed E-state index contributed by atoms with van der Waals surface area (Å²) in [6.45, 7) is 1.66. The number of hydrogen-bond donors (Lipinski definition) is 1. The maximum absolute atomic E-state index is 13.3. The Kier molecular flexibility index (Phi) is 5.89. The maximum atomic E-state index is 13.3. The van der Waals surface area contributed by atoms with E-state index in [1.165, 1.54) is 0 Å². The molecule has 0 amide bonds. The maximum Gasteiger partial charge on any atom is 0.269 e. The van der Waals surface area contributed by atoms with Crippen LogP contribution in [0.2, 0.25) is 0 Å². The highest BCUT2D eigenvalue weighted by Crippen LogP contribution is 2.19. The lowest BCUT2D eigenvalue weighted by atomic mass is 10.2. The quantitative estimate of drug-likeness (QED) is 0.794. The lowest BCUT2D eigenvalue weighted by Crippen LogP contribution is -2.28. The van der Waals surface area contributed by atoms with Crippen molar-refractivity contribution in [2.45, 2.75) is 23.7 Å². The first-order valence-electron chi connectivity index (χ1n) is 7.96. The molecule has 0 radical (unpaired) electrons. The molecule has 6 nitrogen and oxygen atoms in total. The van der Waals surface area contributed by atoms with Gasteiger partial charge in [0, 0.05) is 13.1 Å². The van der Waals surface area contributed by atoms with Gasteiger partial charge >= 0.3 is 0 Å². The van der Waals surface area contributed by atoms with E-state index in [1.54, 1.807) is 6.08 Å². The van der Waals surface area contributed by atoms with Crippen LogP contribution >= 0.6 is 11.3 Å². The standard InChI is InChI=1S/C16H19FN4O2S2/c17-14-7-4-10-21(11-14)12-15-19-20-16(24-15)25(22,23)18-9-8-13-5-2-1-3-6-13/h1-3,5-7,18H,4,8-12H2. The minimum absolute atomic E-state index is 0.0522. The van der Waals surface area contributed by atoms with Crippen molar-refractivity contribution in [3.8, 4) is 0 Å². The molecule has 2 aromatic rings. The van der Waals surface area contributed by atoms with Gasteiger partial charge < -0.3 is 0 Å². The predicted molar refractivity (Wildman–Crippen MR) is 94.3 cm³/mol. The Hall–Kier alpha value is -1.68. The molecule has 0 unspecified atom stereocenters. The molecule has 2 heterocycles. The molecular formula is C16H19FN4O2S2. The van der Waals surface area contributed by atoms with E-state index in [0.29, 0.717) is 30.9 Å². The minimum atomic E-state index is -3.67. The Balaban J connectivity index is 1.55. The number of rotatable bonds is 7. The van der Waals surface area contributed by atoms with Gasteiger partial charge in [-0.2, -0.15) is 0 Å². The smallest absolute Gasteiger partial charge is 0.269 e. The van der Waals surface area contributed by atoms with Crippen LogP contribution in [0.25, 0.3) is 0 Å². The average molecular weight is 382 g/mol. The van der Waals surface area contributed by atoms with Crippen LogP contribution in [0.4, 0.5) is 4.39 Å². The third-order valence-corrected chi connectivity index (χ3v) is 6.51. The van der Waals surface area contributed by atoms with E-state index in [0.717, 1.165) is 23.4 Å². The number of aromatic nitrogens is 2. The van der Waals surface area contributed by atoms with E-state index in [-0.39, 0.29) is 16.7 Å². The summed E-state index contributed by atoms with van der Waals surface area (Å²) in [5.41, 5.74) is 1.06. The summed E-state index contributed by atoms with van der Waals surface area (Å²) < 4.78 is 40.4. The number of halogens is 1. The molecule has 0 fully saturated rings. The number of nitrogens with one attached hydrogen (secondary N) is 1. The van der Waals surface area contributed by atoms with Gasteiger partial charge in [-0.1, -0.05) is 47.7 Å². The van der Waals surface area contributed by atoms with E-state index < -0.39 is 10.0 Å². The lowest BCUT2D eigenvalue weighted by molar-refractivity contribution is 0.258. The van der Waals surface area contributed by atoms with Crippen LogP contribution in [0.5, 0.6) is 0 Å². The summed E-state index contributed by atoms with van der Waals surface area (Å²) in [7, 11) is -3.67. The van der Waals surface area contributed by atoms with Crippen molar-refractivity contribution < 1.29 is 12.8 Å². The Morgan fingerprint density at radius 3 is 2.80 bits per heavy atom. The average Bonchev–Trinajstić information content (AvgIpc) is 3.05. The van der Waals surface area contributed by atoms with Gasteiger partial charge in [0.2, 0.25) is 4.34 Å². The Bertz CT molecular complexity index is 837. The fourth-order valence-electron chi connectivity index (χ4n) is 2.53. The Labute approximate surface area is 150 Å². The van der Waals surface area contributed by atoms with Crippen molar-refractivity contribution in [2.24, 2.45) is 0 Å². The monoisotopic (exact) mass is 382 g/mol. The van der Waals surface area contributed by atoms with Crippen LogP contribution in [0.1, 0.15) is 17.0 Å². The number of hydrogen-bond acceptors (Lipinski definition) is 6. The van der Waals surface area contributed by atoms with Gasteiger partial charge in [0.05, 0.1) is 13.1 Å². The van der Waals surface area contributed by atoms with Crippen LogP contribution in [-0.4, -0.2) is 43.1 Å². The molecule has 1 N–H and O–H groups in total. The molecule has 0 saturated carbocycles. The first-order chi connectivity index (χ1) is 12.0. The predicted octanol–water partition coefficient (Wildman–Crippen LogP) is 2.12. The van der Waals surface area contributed by atoms with Crippen molar-refractivity contribution in [2.75, 3.05) is 19.6 Å². The Morgan fingerprint density at radius 2 is 2.04 bits per heavy atom. The summed E-state index contributed by atoms with van der Waals surface area (Å²) >= 11 is 1.02. The van der Waals surface area contributed by atoms with E-state index in [4.69, 9.17) is 0 Å². The topological polar surface area (TPSA) is 75.2 Å². The molecule has 1 aromatic heterocycles. The van der Waals surface area contributed by atoms with Crippen molar-refractivity contribution in [3.05, 3.63) is 52.8 Å². The lowest BCUT2D eigenvalue weighted by Gasteiger charge is -2.22. The van der Waals surface area contributed by atoms with Gasteiger partial charge in [-0.25, -0.2) is 17.5 Å². The van der Waals surface area contributed by atoms with Crippen LogP contribution in [0.15, 0.2) is 46.6 Å². The van der Waals surface area contributed by atoms with Gasteiger partial charge in [-0.15, -0.1) is 10.2 Å². The van der Waals surface area contributed by atoms with Crippen molar-refractivity contribution in [3.63, 3.8) is 0 Å². The van der Waals surface area contributed by atoms with Gasteiger partial charge in [0.1, 0.15) is 10.8 Å². The summed E-state index contributed by atoms with van der Waals surface area (Å²) in [6.07, 6.45) is 2.82. The van der Waals surface area contributed by atoms with E-state index in [9.17, 15) is 12.8 Å². The molecule has 0 spiro atoms. The zero-order valence-electron chi connectivity index (χ0n) is 13.6. The number of nitrogens with zero attached hydrogens (tertiary/aromatic N) is 3. The Morgan fingerprint density at radius 1 is 1.24 bits per heavy atom. The fourth-order valence-corrected chi connectivity index (χ4v) is 4.69. The third-order valence-electron chi connectivity index (χ3n) is 3.77. The zero-order chi connectivity index (χ0) is 17.7. The molecule has 1 aliphatic heterocycles. The van der Waals surface area contributed by atoms with Crippen molar-refractivity contribution in [1.82, 2.24) is 19.8 Å². The summed E-state index contributed by atoms with van der Waals surface area (Å²) in [6, 6.07) is 9.65. The SMILES string of the molecule is O=S(=O)(NCCc1ccccc1)c1nnc(CN2CCC=C(F)C2)s1. The van der Waals surface area contributed by atoms with Gasteiger partial charge in [-0.3, -0.25) is 4.90 Å². The van der Waals surface area contributed by atoms with Crippen molar-refractivity contribution >= 4 is 21.4 Å². The second-order valence-corrected chi connectivity index (χ2v) is 8.75. The molecule has 0 saturated heterocycles. The van der Waals surface area contributed by atoms with E-state index in [1.807, 2.05) is 35.2 Å². The van der Waals surface area contributed by atoms with Gasteiger partial charge in [-0.05, 0) is 18.4 Å². The van der Waals surface area contributed by atoms with E-state index in [2.05, 4.69) is 14.9 Å². The zero-order valence-corrected chi connectivity index (χ0v) is 15.2. The molecule has 25 heavy (non-hydrogen) atoms. The molecule has 1 aromatic carbocycles. The van der Waals surface area contributed by atoms with Gasteiger partial charge in [0.15, 0.2) is 0 Å². The van der Waals surface area contributed by atoms with E-state index >= 15 is 0 Å². The van der Waals surface area contributed by atoms with Crippen molar-refractivity contribution in [1.29, 1.82) is 0 Å². The largest absolute Gasteiger partial charge is 0.290 e. The minimum Gasteiger partial charge on any atom is -0.290 e. The molecule has 9 heteroatoms. The van der Waals surface area contributed by atoms with Crippen LogP contribution in [0.3, 0.4) is 0 Å². The number of benzene rings is 1. The molecule has 0 bridgehead atoms. The highest BCUT2D eigenvalue weighted by molar-refractivity contribution is 7.91. The fraction of sp³-hybridized carbons (Fsp3) is 0.375. The second-order valence-electron chi connectivity index (χ2n) is 5.75. The highest BCUT2D eigenvalue weighted by atomic mass is 32.2. The van der Waals surface area contributed by atoms with Gasteiger partial charge in [0.25, 0.3) is 10.0 Å². The summed E-state index contributed by atoms with van der Waals surface area (Å²) in [5.74, 6) is -0.161. The summed E-state index contributed by atoms with van der Waals surface area (Å²) in [4.78, 5) is 1.88. The molecule has 3 rings (SSSR count). The third kappa shape index (κ3) is 5.15. The number of sulfonamides is 1. The van der Waals surface area contributed by atoms with Crippen LogP contribution in [-0.2, 0) is 23.0 Å². The molecule has 0 aliphatic carbocycles. The second kappa shape index (κ2) is 8.13. The van der Waals surface area contributed by atoms with Crippen LogP contribution in [0, 0.1) is 0 Å². The first kappa shape index (κ1) is 18.1. The first-order valence-corrected chi connectivity index (χ1v) is 10.3. The normalized spacial score (nSPS) is 16.0. The highest BCUT2D eigenvalue weighted by Gasteiger charge is 2.21. The molecule has 134 valence electrons. The summed E-state index contributed by atoms with van der Waals surface area (Å²) in [5, 5.41) is 8.28. The molecule has 0 atom stereocenters. The molecular weight excluding hydrogens is 363 g/mol. The molecule has 1 aliphatic rings. The van der Waals surface area contributed by atoms with Crippen LogP contribution < -0.4 is 4.72 Å².